The average molecular weight is 431 g/mol. The Hall–Kier alpha value is -2.96. The van der Waals surface area contributed by atoms with Crippen molar-refractivity contribution in [3.63, 3.8) is 0 Å². The van der Waals surface area contributed by atoms with E-state index in [2.05, 4.69) is 44.7 Å². The summed E-state index contributed by atoms with van der Waals surface area (Å²) in [7, 11) is 0. The fourth-order valence-corrected chi connectivity index (χ4v) is 4.72. The Morgan fingerprint density at radius 2 is 1.88 bits per heavy atom. The number of morpholine rings is 1. The number of ether oxygens (including phenoxy) is 1. The fraction of sp³-hybridized carbons (Fsp3) is 0.385. The highest BCUT2D eigenvalue weighted by atomic mass is 16.5. The Balaban J connectivity index is 1.23. The van der Waals surface area contributed by atoms with Crippen LogP contribution in [0.4, 0.5) is 0 Å². The van der Waals surface area contributed by atoms with Gasteiger partial charge in [0.2, 0.25) is 0 Å². The number of H-pyrrole nitrogens is 1. The van der Waals surface area contributed by atoms with E-state index in [1.54, 1.807) is 0 Å². The second-order valence-corrected chi connectivity index (χ2v) is 8.58. The molecule has 32 heavy (non-hydrogen) atoms. The van der Waals surface area contributed by atoms with Crippen LogP contribution in [0.15, 0.2) is 48.5 Å². The molecule has 2 heterocycles. The molecule has 6 heteroatoms. The largest absolute Gasteiger partial charge is 0.379 e. The van der Waals surface area contributed by atoms with Crippen LogP contribution in [0.1, 0.15) is 34.3 Å². The van der Waals surface area contributed by atoms with E-state index in [1.165, 1.54) is 16.7 Å². The normalized spacial score (nSPS) is 16.1. The van der Waals surface area contributed by atoms with Crippen molar-refractivity contribution in [3.8, 4) is 22.5 Å². The Morgan fingerprint density at radius 3 is 2.72 bits per heavy atom. The van der Waals surface area contributed by atoms with Crippen molar-refractivity contribution < 1.29 is 9.53 Å². The molecule has 0 unspecified atom stereocenters. The van der Waals surface area contributed by atoms with Gasteiger partial charge in [-0.3, -0.25) is 14.8 Å². The first-order chi connectivity index (χ1) is 15.8. The van der Waals surface area contributed by atoms with Crippen molar-refractivity contribution in [3.05, 3.63) is 65.2 Å². The van der Waals surface area contributed by atoms with E-state index in [0.717, 1.165) is 75.5 Å². The monoisotopic (exact) mass is 430 g/mol. The summed E-state index contributed by atoms with van der Waals surface area (Å²) in [6.07, 6.45) is 4.15. The predicted molar refractivity (Wildman–Crippen MR) is 126 cm³/mol. The van der Waals surface area contributed by atoms with E-state index in [1.807, 2.05) is 24.3 Å². The fourth-order valence-electron chi connectivity index (χ4n) is 4.72. The molecule has 3 aromatic rings. The van der Waals surface area contributed by atoms with Crippen molar-refractivity contribution in [1.29, 1.82) is 0 Å². The lowest BCUT2D eigenvalue weighted by Crippen LogP contribution is -2.38. The number of carbonyl (C=O) groups is 1. The van der Waals surface area contributed by atoms with Gasteiger partial charge in [0.15, 0.2) is 0 Å². The third-order valence-electron chi connectivity index (χ3n) is 6.49. The minimum Gasteiger partial charge on any atom is -0.379 e. The molecule has 0 atom stereocenters. The summed E-state index contributed by atoms with van der Waals surface area (Å²) in [6.45, 7) is 5.27. The van der Waals surface area contributed by atoms with E-state index in [4.69, 9.17) is 4.74 Å². The second-order valence-electron chi connectivity index (χ2n) is 8.58. The first-order valence-electron chi connectivity index (χ1n) is 11.6. The molecule has 0 bridgehead atoms. The maximum absolute atomic E-state index is 12.5. The zero-order chi connectivity index (χ0) is 21.8. The minimum absolute atomic E-state index is 0.0201. The van der Waals surface area contributed by atoms with E-state index in [0.29, 0.717) is 12.1 Å². The van der Waals surface area contributed by atoms with E-state index in [9.17, 15) is 4.79 Å². The number of rotatable bonds is 6. The van der Waals surface area contributed by atoms with Gasteiger partial charge >= 0.3 is 0 Å². The maximum atomic E-state index is 12.5. The van der Waals surface area contributed by atoms with Crippen molar-refractivity contribution in [1.82, 2.24) is 20.4 Å². The van der Waals surface area contributed by atoms with E-state index in [-0.39, 0.29) is 5.91 Å². The highest BCUT2D eigenvalue weighted by Gasteiger charge is 2.21. The minimum atomic E-state index is -0.0201. The van der Waals surface area contributed by atoms with Gasteiger partial charge in [-0.1, -0.05) is 36.4 Å². The topological polar surface area (TPSA) is 70.2 Å². The van der Waals surface area contributed by atoms with Gasteiger partial charge in [0, 0.05) is 41.9 Å². The maximum Gasteiger partial charge on any atom is 0.251 e. The van der Waals surface area contributed by atoms with Crippen LogP contribution in [-0.4, -0.2) is 60.4 Å². The van der Waals surface area contributed by atoms with Crippen LogP contribution in [0, 0.1) is 0 Å². The lowest BCUT2D eigenvalue weighted by Gasteiger charge is -2.26. The SMILES string of the molecule is O=C(NCCCN1CCOCC1)c1ccc(-c2n[nH]c3c2CCCc2ccccc2-3)cc1. The molecule has 5 rings (SSSR count). The molecule has 2 N–H and O–H groups in total. The summed E-state index contributed by atoms with van der Waals surface area (Å²) < 4.78 is 5.37. The highest BCUT2D eigenvalue weighted by molar-refractivity contribution is 5.94. The average Bonchev–Trinajstić information content (AvgIpc) is 3.17. The first-order valence-corrected chi connectivity index (χ1v) is 11.6. The Kier molecular flexibility index (Phi) is 6.32. The third-order valence-corrected chi connectivity index (χ3v) is 6.49. The van der Waals surface area contributed by atoms with Gasteiger partial charge in [0.05, 0.1) is 24.6 Å². The molecule has 2 aromatic carbocycles. The molecular formula is C26H30N4O2. The number of aryl methyl sites for hydroxylation is 1. The van der Waals surface area contributed by atoms with Gasteiger partial charge in [0.1, 0.15) is 0 Å². The number of carbonyl (C=O) groups excluding carboxylic acids is 1. The zero-order valence-corrected chi connectivity index (χ0v) is 18.4. The molecule has 1 aliphatic heterocycles. The van der Waals surface area contributed by atoms with Crippen LogP contribution in [-0.2, 0) is 17.6 Å². The number of nitrogens with zero attached hydrogens (tertiary/aromatic N) is 2. The molecule has 0 spiro atoms. The summed E-state index contributed by atoms with van der Waals surface area (Å²) in [6, 6.07) is 16.4. The van der Waals surface area contributed by atoms with Gasteiger partial charge in [-0.15, -0.1) is 0 Å². The molecule has 1 saturated heterocycles. The molecule has 1 aromatic heterocycles. The molecular weight excluding hydrogens is 400 g/mol. The molecule has 6 nitrogen and oxygen atoms in total. The number of aromatic nitrogens is 2. The summed E-state index contributed by atoms with van der Waals surface area (Å²) in [4.78, 5) is 14.9. The molecule has 0 saturated carbocycles. The van der Waals surface area contributed by atoms with Crippen molar-refractivity contribution >= 4 is 5.91 Å². The van der Waals surface area contributed by atoms with Crippen molar-refractivity contribution in [2.45, 2.75) is 25.7 Å². The van der Waals surface area contributed by atoms with Gasteiger partial charge in [-0.2, -0.15) is 5.10 Å². The van der Waals surface area contributed by atoms with Crippen molar-refractivity contribution in [2.24, 2.45) is 0 Å². The smallest absolute Gasteiger partial charge is 0.251 e. The van der Waals surface area contributed by atoms with Crippen LogP contribution < -0.4 is 5.32 Å². The Morgan fingerprint density at radius 1 is 1.06 bits per heavy atom. The van der Waals surface area contributed by atoms with Crippen LogP contribution >= 0.6 is 0 Å². The molecule has 1 amide bonds. The van der Waals surface area contributed by atoms with Gasteiger partial charge in [-0.05, 0) is 49.9 Å². The van der Waals surface area contributed by atoms with Crippen LogP contribution in [0.25, 0.3) is 22.5 Å². The molecule has 166 valence electrons. The highest BCUT2D eigenvalue weighted by Crippen LogP contribution is 2.36. The summed E-state index contributed by atoms with van der Waals surface area (Å²) in [5, 5.41) is 11.0. The van der Waals surface area contributed by atoms with Crippen LogP contribution in [0.5, 0.6) is 0 Å². The van der Waals surface area contributed by atoms with Crippen molar-refractivity contribution in [2.75, 3.05) is 39.4 Å². The van der Waals surface area contributed by atoms with Gasteiger partial charge < -0.3 is 10.1 Å². The van der Waals surface area contributed by atoms with Crippen LogP contribution in [0.2, 0.25) is 0 Å². The summed E-state index contributed by atoms with van der Waals surface area (Å²) in [5.41, 5.74) is 7.77. The predicted octanol–water partition coefficient (Wildman–Crippen LogP) is 3.68. The first kappa shape index (κ1) is 20.9. The molecule has 1 aliphatic carbocycles. The lowest BCUT2D eigenvalue weighted by molar-refractivity contribution is 0.0374. The molecule has 2 aliphatic rings. The Labute approximate surface area is 189 Å². The third kappa shape index (κ3) is 4.47. The number of hydrogen-bond acceptors (Lipinski definition) is 4. The van der Waals surface area contributed by atoms with E-state index < -0.39 is 0 Å². The number of nitrogens with one attached hydrogen (secondary N) is 2. The number of hydrogen-bond donors (Lipinski definition) is 2. The Bertz CT molecular complexity index is 1070. The summed E-state index contributed by atoms with van der Waals surface area (Å²) >= 11 is 0. The lowest BCUT2D eigenvalue weighted by atomic mass is 9.99. The zero-order valence-electron chi connectivity index (χ0n) is 18.4. The number of fused-ring (bicyclic) bond motifs is 3. The van der Waals surface area contributed by atoms with Gasteiger partial charge in [-0.25, -0.2) is 0 Å². The molecule has 1 fully saturated rings. The second kappa shape index (κ2) is 9.67. The summed E-state index contributed by atoms with van der Waals surface area (Å²) in [5.74, 6) is -0.0201. The number of amides is 1. The number of benzene rings is 2. The number of aromatic amines is 1. The molecule has 0 radical (unpaired) electrons. The standard InChI is InChI=1S/C26H30N4O2/c31-26(27-13-4-14-30-15-17-32-18-16-30)21-11-9-20(10-12-21)24-23-8-3-6-19-5-1-2-7-22(19)25(23)29-28-24/h1-2,5,7,9-12H,3-4,6,8,13-18H2,(H,27,31)(H,28,29). The van der Waals surface area contributed by atoms with Gasteiger partial charge in [0.25, 0.3) is 5.91 Å². The quantitative estimate of drug-likeness (QED) is 0.585. The van der Waals surface area contributed by atoms with Crippen LogP contribution in [0.3, 0.4) is 0 Å². The van der Waals surface area contributed by atoms with E-state index >= 15 is 0 Å².